The summed E-state index contributed by atoms with van der Waals surface area (Å²) in [5, 5.41) is 14.3. The highest BCUT2D eigenvalue weighted by atomic mass is 16.3. The Kier molecular flexibility index (Phi) is 4.60. The number of carbonyl (C=O) groups excluding carboxylic acids is 1. The van der Waals surface area contributed by atoms with Crippen LogP contribution in [0.5, 0.6) is 0 Å². The van der Waals surface area contributed by atoms with Crippen molar-refractivity contribution in [3.05, 3.63) is 23.8 Å². The Morgan fingerprint density at radius 3 is 2.81 bits per heavy atom. The van der Waals surface area contributed by atoms with Crippen molar-refractivity contribution in [2.75, 3.05) is 30.7 Å². The van der Waals surface area contributed by atoms with E-state index in [4.69, 9.17) is 10.8 Å². The van der Waals surface area contributed by atoms with Crippen LogP contribution in [0.1, 0.15) is 17.3 Å². The molecule has 0 atom stereocenters. The van der Waals surface area contributed by atoms with Gasteiger partial charge in [-0.1, -0.05) is 0 Å². The maximum Gasteiger partial charge on any atom is 0.251 e. The summed E-state index contributed by atoms with van der Waals surface area (Å²) in [6, 6.07) is 5.04. The van der Waals surface area contributed by atoms with E-state index in [-0.39, 0.29) is 12.5 Å². The lowest BCUT2D eigenvalue weighted by molar-refractivity contribution is 0.0956. The Morgan fingerprint density at radius 2 is 2.25 bits per heavy atom. The zero-order valence-electron chi connectivity index (χ0n) is 9.29. The summed E-state index contributed by atoms with van der Waals surface area (Å²) >= 11 is 0. The molecule has 5 nitrogen and oxygen atoms in total. The normalized spacial score (nSPS) is 9.88. The summed E-state index contributed by atoms with van der Waals surface area (Å²) < 4.78 is 0. The lowest BCUT2D eigenvalue weighted by atomic mass is 10.1. The first-order chi connectivity index (χ1) is 7.69. The van der Waals surface area contributed by atoms with Crippen LogP contribution < -0.4 is 16.4 Å². The molecule has 0 unspecified atom stereocenters. The van der Waals surface area contributed by atoms with Crippen molar-refractivity contribution in [2.24, 2.45) is 0 Å². The van der Waals surface area contributed by atoms with Crippen LogP contribution in [0.25, 0.3) is 0 Å². The molecule has 5 heteroatoms. The molecule has 0 saturated carbocycles. The monoisotopic (exact) mass is 223 g/mol. The predicted molar refractivity (Wildman–Crippen MR) is 64.4 cm³/mol. The number of benzene rings is 1. The van der Waals surface area contributed by atoms with Crippen molar-refractivity contribution in [1.82, 2.24) is 5.32 Å². The molecule has 1 rings (SSSR count). The molecular weight excluding hydrogens is 206 g/mol. The Hall–Kier alpha value is -1.75. The van der Waals surface area contributed by atoms with Crippen LogP contribution in [0.15, 0.2) is 18.2 Å². The summed E-state index contributed by atoms with van der Waals surface area (Å²) in [6.07, 6.45) is 0. The maximum absolute atomic E-state index is 11.5. The summed E-state index contributed by atoms with van der Waals surface area (Å²) in [6.45, 7) is 2.92. The van der Waals surface area contributed by atoms with Crippen LogP contribution in [0.2, 0.25) is 0 Å². The molecule has 0 aliphatic carbocycles. The molecule has 0 fully saturated rings. The molecular formula is C11H17N3O2. The number of carbonyl (C=O) groups is 1. The van der Waals surface area contributed by atoms with E-state index in [2.05, 4.69) is 10.6 Å². The zero-order valence-corrected chi connectivity index (χ0v) is 9.29. The van der Waals surface area contributed by atoms with Gasteiger partial charge in [-0.25, -0.2) is 0 Å². The molecule has 16 heavy (non-hydrogen) atoms. The average molecular weight is 223 g/mol. The van der Waals surface area contributed by atoms with E-state index in [0.29, 0.717) is 24.3 Å². The SMILES string of the molecule is CCNC(=O)c1ccc(NCCO)c(N)c1. The van der Waals surface area contributed by atoms with E-state index in [0.717, 1.165) is 5.69 Å². The van der Waals surface area contributed by atoms with Gasteiger partial charge in [0.15, 0.2) is 0 Å². The van der Waals surface area contributed by atoms with Crippen molar-refractivity contribution >= 4 is 17.3 Å². The number of hydrogen-bond donors (Lipinski definition) is 4. The first kappa shape index (κ1) is 12.3. The first-order valence-electron chi connectivity index (χ1n) is 5.21. The lowest BCUT2D eigenvalue weighted by Crippen LogP contribution is -2.22. The molecule has 0 saturated heterocycles. The van der Waals surface area contributed by atoms with Crippen molar-refractivity contribution in [1.29, 1.82) is 0 Å². The highest BCUT2D eigenvalue weighted by molar-refractivity contribution is 5.96. The molecule has 1 aromatic carbocycles. The van der Waals surface area contributed by atoms with E-state index in [1.807, 2.05) is 6.92 Å². The van der Waals surface area contributed by atoms with E-state index in [9.17, 15) is 4.79 Å². The molecule has 0 aromatic heterocycles. The smallest absolute Gasteiger partial charge is 0.251 e. The van der Waals surface area contributed by atoms with Gasteiger partial charge >= 0.3 is 0 Å². The molecule has 0 bridgehead atoms. The summed E-state index contributed by atoms with van der Waals surface area (Å²) in [4.78, 5) is 11.5. The molecule has 1 amide bonds. The van der Waals surface area contributed by atoms with Crippen molar-refractivity contribution in [2.45, 2.75) is 6.92 Å². The van der Waals surface area contributed by atoms with Crippen molar-refractivity contribution < 1.29 is 9.90 Å². The molecule has 5 N–H and O–H groups in total. The molecule has 88 valence electrons. The van der Waals surface area contributed by atoms with Crippen LogP contribution in [0.3, 0.4) is 0 Å². The minimum Gasteiger partial charge on any atom is -0.397 e. The van der Waals surface area contributed by atoms with Gasteiger partial charge in [-0.3, -0.25) is 4.79 Å². The second-order valence-electron chi connectivity index (χ2n) is 3.31. The van der Waals surface area contributed by atoms with Crippen LogP contribution in [-0.4, -0.2) is 30.7 Å². The van der Waals surface area contributed by atoms with Crippen molar-refractivity contribution in [3.63, 3.8) is 0 Å². The Morgan fingerprint density at radius 1 is 1.50 bits per heavy atom. The quantitative estimate of drug-likeness (QED) is 0.545. The fourth-order valence-electron chi connectivity index (χ4n) is 1.32. The Balaban J connectivity index is 2.78. The van der Waals surface area contributed by atoms with Gasteiger partial charge in [0.1, 0.15) is 0 Å². The number of aliphatic hydroxyl groups excluding tert-OH is 1. The molecule has 0 aliphatic heterocycles. The molecule has 0 spiro atoms. The van der Waals surface area contributed by atoms with E-state index in [1.165, 1.54) is 0 Å². The van der Waals surface area contributed by atoms with Gasteiger partial charge in [-0.15, -0.1) is 0 Å². The number of nitrogen functional groups attached to an aromatic ring is 1. The minimum absolute atomic E-state index is 0.0392. The van der Waals surface area contributed by atoms with Crippen molar-refractivity contribution in [3.8, 4) is 0 Å². The predicted octanol–water partition coefficient (Wildman–Crippen LogP) is 0.423. The maximum atomic E-state index is 11.5. The van der Waals surface area contributed by atoms with E-state index >= 15 is 0 Å². The fraction of sp³-hybridized carbons (Fsp3) is 0.364. The van der Waals surface area contributed by atoms with Gasteiger partial charge in [0.25, 0.3) is 5.91 Å². The summed E-state index contributed by atoms with van der Waals surface area (Å²) in [5.41, 5.74) is 7.53. The van der Waals surface area contributed by atoms with Gasteiger partial charge in [0.2, 0.25) is 0 Å². The highest BCUT2D eigenvalue weighted by Crippen LogP contribution is 2.19. The third-order valence-electron chi connectivity index (χ3n) is 2.08. The van der Waals surface area contributed by atoms with Gasteiger partial charge in [0.05, 0.1) is 18.0 Å². The third kappa shape index (κ3) is 3.13. The number of nitrogens with one attached hydrogen (secondary N) is 2. The Labute approximate surface area is 94.7 Å². The van der Waals surface area contributed by atoms with Crippen LogP contribution >= 0.6 is 0 Å². The van der Waals surface area contributed by atoms with E-state index < -0.39 is 0 Å². The standard InChI is InChI=1S/C11H17N3O2/c1-2-13-11(16)8-3-4-10(9(12)7-8)14-5-6-15/h3-4,7,14-15H,2,5-6,12H2,1H3,(H,13,16). The number of amides is 1. The number of hydrogen-bond acceptors (Lipinski definition) is 4. The van der Waals surface area contributed by atoms with Gasteiger partial charge in [0, 0.05) is 18.7 Å². The molecule has 0 radical (unpaired) electrons. The number of anilines is 2. The van der Waals surface area contributed by atoms with Gasteiger partial charge < -0.3 is 21.5 Å². The molecule has 0 heterocycles. The molecule has 0 aliphatic rings. The largest absolute Gasteiger partial charge is 0.397 e. The second kappa shape index (κ2) is 5.97. The third-order valence-corrected chi connectivity index (χ3v) is 2.08. The number of aliphatic hydroxyl groups is 1. The minimum atomic E-state index is -0.136. The fourth-order valence-corrected chi connectivity index (χ4v) is 1.32. The van der Waals surface area contributed by atoms with Crippen LogP contribution in [-0.2, 0) is 0 Å². The number of rotatable bonds is 5. The van der Waals surface area contributed by atoms with E-state index in [1.54, 1.807) is 18.2 Å². The zero-order chi connectivity index (χ0) is 12.0. The van der Waals surface area contributed by atoms with Gasteiger partial charge in [-0.05, 0) is 25.1 Å². The summed E-state index contributed by atoms with van der Waals surface area (Å²) in [7, 11) is 0. The Bertz CT molecular complexity index is 366. The van der Waals surface area contributed by atoms with Crippen LogP contribution in [0, 0.1) is 0 Å². The second-order valence-corrected chi connectivity index (χ2v) is 3.31. The summed E-state index contributed by atoms with van der Waals surface area (Å²) in [5.74, 6) is -0.136. The molecule has 1 aromatic rings. The first-order valence-corrected chi connectivity index (χ1v) is 5.21. The number of nitrogens with two attached hydrogens (primary N) is 1. The highest BCUT2D eigenvalue weighted by Gasteiger charge is 2.06. The van der Waals surface area contributed by atoms with Gasteiger partial charge in [-0.2, -0.15) is 0 Å². The average Bonchev–Trinajstić information content (AvgIpc) is 2.27. The lowest BCUT2D eigenvalue weighted by Gasteiger charge is -2.09. The topological polar surface area (TPSA) is 87.4 Å². The van der Waals surface area contributed by atoms with Crippen LogP contribution in [0.4, 0.5) is 11.4 Å².